The van der Waals surface area contributed by atoms with Crippen LogP contribution in [-0.2, 0) is 4.79 Å². The quantitative estimate of drug-likeness (QED) is 0.535. The number of carbonyl (C=O) groups excluding carboxylic acids is 1. The van der Waals surface area contributed by atoms with Crippen LogP contribution in [0.2, 0.25) is 0 Å². The number of likely N-dealkylation sites (tertiary alicyclic amines) is 1. The lowest BCUT2D eigenvalue weighted by Crippen LogP contribution is -2.46. The van der Waals surface area contributed by atoms with Crippen LogP contribution in [0.1, 0.15) is 26.7 Å². The molecule has 72 valence electrons. The van der Waals surface area contributed by atoms with Crippen LogP contribution in [0.4, 0.5) is 0 Å². The van der Waals surface area contributed by atoms with Crippen molar-refractivity contribution < 1.29 is 4.79 Å². The van der Waals surface area contributed by atoms with Crippen LogP contribution in [-0.4, -0.2) is 27.7 Å². The molecule has 3 heteroatoms. The molecule has 1 heterocycles. The van der Waals surface area contributed by atoms with Crippen molar-refractivity contribution in [2.24, 2.45) is 0 Å². The number of amides is 1. The van der Waals surface area contributed by atoms with E-state index in [2.05, 4.69) is 21.9 Å². The van der Waals surface area contributed by atoms with Gasteiger partial charge in [-0.3, -0.25) is 4.79 Å². The average molecular weight is 244 g/mol. The van der Waals surface area contributed by atoms with Crippen LogP contribution in [0.3, 0.4) is 0 Å². The van der Waals surface area contributed by atoms with E-state index in [1.807, 2.05) is 13.8 Å². The third-order valence-electron chi connectivity index (χ3n) is 2.74. The Labute approximate surface area is 87.8 Å². The summed E-state index contributed by atoms with van der Waals surface area (Å²) in [6.07, 6.45) is 7.10. The van der Waals surface area contributed by atoms with E-state index >= 15 is 0 Å². The first-order valence-corrected chi connectivity index (χ1v) is 5.40. The molecule has 0 N–H and O–H groups in total. The van der Waals surface area contributed by atoms with Gasteiger partial charge in [-0.2, -0.15) is 0 Å². The molecule has 0 bridgehead atoms. The van der Waals surface area contributed by atoms with Crippen LogP contribution in [0.15, 0.2) is 0 Å². The molecule has 0 aromatic carbocycles. The molecule has 0 aromatic heterocycles. The van der Waals surface area contributed by atoms with Gasteiger partial charge in [0.15, 0.2) is 0 Å². The van der Waals surface area contributed by atoms with Gasteiger partial charge in [0.2, 0.25) is 5.91 Å². The van der Waals surface area contributed by atoms with E-state index in [1.165, 1.54) is 0 Å². The molecule has 0 aliphatic carbocycles. The molecule has 2 nitrogen and oxygen atoms in total. The van der Waals surface area contributed by atoms with Gasteiger partial charge >= 0.3 is 0 Å². The van der Waals surface area contributed by atoms with Gasteiger partial charge in [-0.1, -0.05) is 28.8 Å². The maximum absolute atomic E-state index is 11.7. The fraction of sp³-hybridized carbons (Fsp3) is 0.700. The monoisotopic (exact) mass is 243 g/mol. The van der Waals surface area contributed by atoms with Gasteiger partial charge in [0.25, 0.3) is 0 Å². The minimum absolute atomic E-state index is 0.0354. The third-order valence-corrected chi connectivity index (χ3v) is 3.58. The number of hydrogen-bond donors (Lipinski definition) is 0. The van der Waals surface area contributed by atoms with Crippen molar-refractivity contribution in [1.29, 1.82) is 0 Å². The number of rotatable bonds is 2. The zero-order valence-corrected chi connectivity index (χ0v) is 9.60. The first kappa shape index (κ1) is 10.6. The molecule has 1 amide bonds. The standard InChI is InChI=1S/C10H14BrNO/c1-4-10(3,5-2)12-7-6-8(11)9(12)13/h1,8H,5-7H2,2-3H3. The largest absolute Gasteiger partial charge is 0.325 e. The number of nitrogens with zero attached hydrogens (tertiary/aromatic N) is 1. The summed E-state index contributed by atoms with van der Waals surface area (Å²) in [5, 5.41) is 0. The van der Waals surface area contributed by atoms with Gasteiger partial charge in [0.1, 0.15) is 5.54 Å². The Morgan fingerprint density at radius 2 is 2.46 bits per heavy atom. The topological polar surface area (TPSA) is 20.3 Å². The van der Waals surface area contributed by atoms with E-state index < -0.39 is 5.54 Å². The van der Waals surface area contributed by atoms with Crippen molar-refractivity contribution in [3.05, 3.63) is 0 Å². The zero-order chi connectivity index (χ0) is 10.1. The molecule has 1 fully saturated rings. The molecular weight excluding hydrogens is 230 g/mol. The molecular formula is C10H14BrNO. The van der Waals surface area contributed by atoms with E-state index in [0.717, 1.165) is 19.4 Å². The van der Waals surface area contributed by atoms with Gasteiger partial charge in [-0.05, 0) is 19.8 Å². The number of halogens is 1. The molecule has 13 heavy (non-hydrogen) atoms. The summed E-state index contributed by atoms with van der Waals surface area (Å²) in [5.41, 5.74) is -0.403. The summed E-state index contributed by atoms with van der Waals surface area (Å²) >= 11 is 3.34. The summed E-state index contributed by atoms with van der Waals surface area (Å²) in [7, 11) is 0. The molecule has 0 aromatic rings. The molecule has 0 spiro atoms. The molecule has 1 aliphatic rings. The molecule has 1 rings (SSSR count). The predicted molar refractivity (Wildman–Crippen MR) is 56.6 cm³/mol. The second kappa shape index (κ2) is 3.71. The Morgan fingerprint density at radius 1 is 1.85 bits per heavy atom. The van der Waals surface area contributed by atoms with E-state index in [9.17, 15) is 4.79 Å². The summed E-state index contributed by atoms with van der Waals surface area (Å²) in [5.74, 6) is 2.83. The molecule has 1 saturated heterocycles. The van der Waals surface area contributed by atoms with Gasteiger partial charge < -0.3 is 4.90 Å². The molecule has 0 saturated carbocycles. The highest BCUT2D eigenvalue weighted by atomic mass is 79.9. The van der Waals surface area contributed by atoms with Crippen molar-refractivity contribution in [3.63, 3.8) is 0 Å². The first-order valence-electron chi connectivity index (χ1n) is 4.48. The fourth-order valence-corrected chi connectivity index (χ4v) is 1.96. The zero-order valence-electron chi connectivity index (χ0n) is 8.01. The fourth-order valence-electron chi connectivity index (χ4n) is 1.51. The lowest BCUT2D eigenvalue weighted by Gasteiger charge is -2.33. The van der Waals surface area contributed by atoms with Crippen molar-refractivity contribution in [2.45, 2.75) is 37.1 Å². The number of carbonyl (C=O) groups is 1. The number of terminal acetylenes is 1. The summed E-state index contributed by atoms with van der Waals surface area (Å²) in [4.78, 5) is 13.4. The van der Waals surface area contributed by atoms with Crippen LogP contribution < -0.4 is 0 Å². The van der Waals surface area contributed by atoms with Gasteiger partial charge in [-0.25, -0.2) is 0 Å². The van der Waals surface area contributed by atoms with E-state index in [1.54, 1.807) is 4.90 Å². The molecule has 2 atom stereocenters. The van der Waals surface area contributed by atoms with Gasteiger partial charge in [-0.15, -0.1) is 6.42 Å². The molecule has 0 radical (unpaired) electrons. The van der Waals surface area contributed by atoms with Crippen molar-refractivity contribution in [3.8, 4) is 12.3 Å². The highest BCUT2D eigenvalue weighted by Crippen LogP contribution is 2.28. The van der Waals surface area contributed by atoms with Crippen molar-refractivity contribution in [1.82, 2.24) is 4.90 Å². The van der Waals surface area contributed by atoms with Gasteiger partial charge in [0, 0.05) is 6.54 Å². The molecule has 1 aliphatic heterocycles. The Morgan fingerprint density at radius 3 is 2.77 bits per heavy atom. The summed E-state index contributed by atoms with van der Waals surface area (Å²) in [6.45, 7) is 4.72. The van der Waals surface area contributed by atoms with E-state index in [4.69, 9.17) is 6.42 Å². The average Bonchev–Trinajstić information content (AvgIpc) is 2.47. The number of hydrogen-bond acceptors (Lipinski definition) is 1. The smallest absolute Gasteiger partial charge is 0.237 e. The van der Waals surface area contributed by atoms with Crippen molar-refractivity contribution in [2.75, 3.05) is 6.54 Å². The van der Waals surface area contributed by atoms with Crippen molar-refractivity contribution >= 4 is 21.8 Å². The Bertz CT molecular complexity index is 258. The second-order valence-corrected chi connectivity index (χ2v) is 4.62. The highest BCUT2D eigenvalue weighted by molar-refractivity contribution is 9.10. The van der Waals surface area contributed by atoms with Gasteiger partial charge in [0.05, 0.1) is 4.83 Å². The Balaban J connectivity index is 2.84. The molecule has 2 unspecified atom stereocenters. The van der Waals surface area contributed by atoms with Crippen LogP contribution in [0, 0.1) is 12.3 Å². The summed E-state index contributed by atoms with van der Waals surface area (Å²) < 4.78 is 0. The van der Waals surface area contributed by atoms with Crippen LogP contribution in [0.5, 0.6) is 0 Å². The highest BCUT2D eigenvalue weighted by Gasteiger charge is 2.39. The first-order chi connectivity index (χ1) is 6.05. The second-order valence-electron chi connectivity index (χ2n) is 3.52. The van der Waals surface area contributed by atoms with E-state index in [-0.39, 0.29) is 10.7 Å². The van der Waals surface area contributed by atoms with Crippen LogP contribution in [0.25, 0.3) is 0 Å². The lowest BCUT2D eigenvalue weighted by molar-refractivity contribution is -0.130. The maximum Gasteiger partial charge on any atom is 0.237 e. The third kappa shape index (κ3) is 1.73. The normalized spacial score (nSPS) is 27.1. The predicted octanol–water partition coefficient (Wildman–Crippen LogP) is 1.78. The minimum Gasteiger partial charge on any atom is -0.325 e. The Hall–Kier alpha value is -0.490. The maximum atomic E-state index is 11.7. The minimum atomic E-state index is -0.403. The lowest BCUT2D eigenvalue weighted by atomic mass is 9.98. The van der Waals surface area contributed by atoms with E-state index in [0.29, 0.717) is 0 Å². The van der Waals surface area contributed by atoms with Crippen LogP contribution >= 0.6 is 15.9 Å². The number of alkyl halides is 1. The Kier molecular flexibility index (Phi) is 3.02. The SMILES string of the molecule is C#CC(C)(CC)N1CCC(Br)C1=O. The summed E-state index contributed by atoms with van der Waals surface area (Å²) in [6, 6.07) is 0.